The Kier molecular flexibility index (Phi) is 2.85. The number of fused-ring (bicyclic) bond motifs is 1. The van der Waals surface area contributed by atoms with Gasteiger partial charge in [-0.2, -0.15) is 31.8 Å². The van der Waals surface area contributed by atoms with Crippen LogP contribution < -0.4 is 4.18 Å². The third kappa shape index (κ3) is 2.35. The Hall–Kier alpha value is -1.90. The first kappa shape index (κ1) is 12.6. The molecule has 0 saturated carbocycles. The molecule has 5 nitrogen and oxygen atoms in total. The van der Waals surface area contributed by atoms with Crippen molar-refractivity contribution in [1.29, 1.82) is 0 Å². The number of halogens is 3. The van der Waals surface area contributed by atoms with Gasteiger partial charge in [0.1, 0.15) is 5.75 Å². The maximum Gasteiger partial charge on any atom is 0.534 e. The minimum absolute atomic E-state index is 0.417. The van der Waals surface area contributed by atoms with Crippen molar-refractivity contribution in [1.82, 2.24) is 10.2 Å². The van der Waals surface area contributed by atoms with Crippen LogP contribution in [0.5, 0.6) is 5.75 Å². The van der Waals surface area contributed by atoms with Gasteiger partial charge in [0, 0.05) is 10.8 Å². The molecular formula is C9H5F3N2O3S. The largest absolute Gasteiger partial charge is 0.534 e. The van der Waals surface area contributed by atoms with E-state index in [9.17, 15) is 21.6 Å². The van der Waals surface area contributed by atoms with Crippen LogP contribution >= 0.6 is 0 Å². The van der Waals surface area contributed by atoms with E-state index >= 15 is 0 Å². The minimum Gasteiger partial charge on any atom is -0.376 e. The Morgan fingerprint density at radius 3 is 2.28 bits per heavy atom. The third-order valence-electron chi connectivity index (χ3n) is 2.01. The molecule has 9 heteroatoms. The van der Waals surface area contributed by atoms with Crippen LogP contribution in [0.3, 0.4) is 0 Å². The first-order valence-corrected chi connectivity index (χ1v) is 5.92. The lowest BCUT2D eigenvalue weighted by Crippen LogP contribution is -2.28. The Bertz CT molecular complexity index is 685. The molecule has 18 heavy (non-hydrogen) atoms. The van der Waals surface area contributed by atoms with Crippen LogP contribution in [0.15, 0.2) is 30.6 Å². The van der Waals surface area contributed by atoms with Crippen LogP contribution in [-0.4, -0.2) is 24.1 Å². The fourth-order valence-electron chi connectivity index (χ4n) is 1.20. The first-order chi connectivity index (χ1) is 8.29. The Balaban J connectivity index is 2.39. The van der Waals surface area contributed by atoms with Crippen LogP contribution in [0.2, 0.25) is 0 Å². The molecular weight excluding hydrogens is 273 g/mol. The lowest BCUT2D eigenvalue weighted by Gasteiger charge is -2.09. The highest BCUT2D eigenvalue weighted by atomic mass is 32.2. The topological polar surface area (TPSA) is 69.2 Å². The summed E-state index contributed by atoms with van der Waals surface area (Å²) < 4.78 is 61.8. The van der Waals surface area contributed by atoms with Crippen LogP contribution in [0.4, 0.5) is 13.2 Å². The van der Waals surface area contributed by atoms with Crippen LogP contribution in [-0.2, 0) is 10.1 Å². The van der Waals surface area contributed by atoms with Gasteiger partial charge >= 0.3 is 15.6 Å². The maximum absolute atomic E-state index is 12.1. The van der Waals surface area contributed by atoms with E-state index in [0.717, 1.165) is 12.1 Å². The molecule has 1 aromatic heterocycles. The van der Waals surface area contributed by atoms with E-state index in [1.807, 2.05) is 0 Å². The summed E-state index contributed by atoms with van der Waals surface area (Å²) in [5.74, 6) is -0.437. The zero-order valence-corrected chi connectivity index (χ0v) is 9.36. The highest BCUT2D eigenvalue weighted by Crippen LogP contribution is 2.28. The molecule has 0 radical (unpaired) electrons. The number of hydrogen-bond donors (Lipinski definition) is 0. The van der Waals surface area contributed by atoms with Crippen molar-refractivity contribution in [2.45, 2.75) is 5.51 Å². The quantitative estimate of drug-likeness (QED) is 0.619. The van der Waals surface area contributed by atoms with E-state index in [2.05, 4.69) is 14.4 Å². The zero-order valence-electron chi connectivity index (χ0n) is 8.55. The van der Waals surface area contributed by atoms with E-state index in [1.54, 1.807) is 0 Å². The number of benzene rings is 1. The van der Waals surface area contributed by atoms with Gasteiger partial charge in [-0.25, -0.2) is 0 Å². The predicted octanol–water partition coefficient (Wildman–Crippen LogP) is 1.86. The zero-order chi connectivity index (χ0) is 13.4. The van der Waals surface area contributed by atoms with Crippen LogP contribution in [0.25, 0.3) is 10.8 Å². The van der Waals surface area contributed by atoms with Crippen molar-refractivity contribution in [2.75, 3.05) is 0 Å². The molecule has 1 heterocycles. The van der Waals surface area contributed by atoms with E-state index in [0.29, 0.717) is 10.8 Å². The standard InChI is InChI=1S/C9H5F3N2O3S/c10-9(11,12)18(15,16)17-8-2-1-6-4-13-14-5-7(6)3-8/h1-5H. The monoisotopic (exact) mass is 278 g/mol. The molecule has 0 spiro atoms. The van der Waals surface area contributed by atoms with Crippen molar-refractivity contribution >= 4 is 20.9 Å². The fraction of sp³-hybridized carbons (Fsp3) is 0.111. The molecule has 0 aliphatic heterocycles. The molecule has 0 amide bonds. The molecule has 0 saturated heterocycles. The molecule has 0 aliphatic rings. The molecule has 2 aromatic rings. The van der Waals surface area contributed by atoms with Gasteiger partial charge in [0.2, 0.25) is 0 Å². The smallest absolute Gasteiger partial charge is 0.376 e. The van der Waals surface area contributed by atoms with E-state index in [-0.39, 0.29) is 0 Å². The van der Waals surface area contributed by atoms with Gasteiger partial charge in [0.25, 0.3) is 0 Å². The predicted molar refractivity (Wildman–Crippen MR) is 55.1 cm³/mol. The van der Waals surface area contributed by atoms with E-state index < -0.39 is 21.4 Å². The average Bonchev–Trinajstić information content (AvgIpc) is 2.27. The van der Waals surface area contributed by atoms with Gasteiger partial charge in [-0.15, -0.1) is 0 Å². The second-order valence-corrected chi connectivity index (χ2v) is 4.80. The summed E-state index contributed by atoms with van der Waals surface area (Å²) in [6, 6.07) is 3.62. The molecule has 0 N–H and O–H groups in total. The molecule has 0 bridgehead atoms. The summed E-state index contributed by atoms with van der Waals surface area (Å²) in [4.78, 5) is 0. The second kappa shape index (κ2) is 4.09. The van der Waals surface area contributed by atoms with Crippen LogP contribution in [0.1, 0.15) is 0 Å². The number of rotatable bonds is 2. The fourth-order valence-corrected chi connectivity index (χ4v) is 1.65. The maximum atomic E-state index is 12.1. The normalized spacial score (nSPS) is 12.6. The van der Waals surface area contributed by atoms with Crippen molar-refractivity contribution in [3.63, 3.8) is 0 Å². The summed E-state index contributed by atoms with van der Waals surface area (Å²) in [5, 5.41) is 8.10. The Morgan fingerprint density at radius 1 is 1.06 bits per heavy atom. The Labute approximate surface area is 99.3 Å². The van der Waals surface area contributed by atoms with Crippen molar-refractivity contribution in [2.24, 2.45) is 0 Å². The second-order valence-electron chi connectivity index (χ2n) is 3.26. The summed E-state index contributed by atoms with van der Waals surface area (Å²) in [6.45, 7) is 0. The highest BCUT2D eigenvalue weighted by Gasteiger charge is 2.48. The van der Waals surface area contributed by atoms with E-state index in [1.165, 1.54) is 18.5 Å². The van der Waals surface area contributed by atoms with Gasteiger partial charge in [-0.1, -0.05) is 0 Å². The van der Waals surface area contributed by atoms with Crippen molar-refractivity contribution < 1.29 is 25.8 Å². The SMILES string of the molecule is O=S(=O)(Oc1ccc2cnncc2c1)C(F)(F)F. The Morgan fingerprint density at radius 2 is 1.67 bits per heavy atom. The average molecular weight is 278 g/mol. The summed E-state index contributed by atoms with van der Waals surface area (Å²) in [6.07, 6.45) is 2.67. The molecule has 1 aromatic carbocycles. The number of alkyl halides is 3. The lowest BCUT2D eigenvalue weighted by atomic mass is 10.2. The summed E-state index contributed by atoms with van der Waals surface area (Å²) in [7, 11) is -5.66. The third-order valence-corrected chi connectivity index (χ3v) is 2.99. The summed E-state index contributed by atoms with van der Waals surface area (Å²) >= 11 is 0. The molecule has 0 unspecified atom stereocenters. The van der Waals surface area contributed by atoms with Gasteiger partial charge in [-0.05, 0) is 18.2 Å². The molecule has 0 fully saturated rings. The highest BCUT2D eigenvalue weighted by molar-refractivity contribution is 7.88. The molecule has 0 atom stereocenters. The van der Waals surface area contributed by atoms with Crippen molar-refractivity contribution in [3.05, 3.63) is 30.6 Å². The molecule has 96 valence electrons. The van der Waals surface area contributed by atoms with Gasteiger partial charge in [0.15, 0.2) is 0 Å². The summed E-state index contributed by atoms with van der Waals surface area (Å²) in [5.41, 5.74) is -5.46. The van der Waals surface area contributed by atoms with E-state index in [4.69, 9.17) is 0 Å². The number of hydrogen-bond acceptors (Lipinski definition) is 5. The molecule has 0 aliphatic carbocycles. The van der Waals surface area contributed by atoms with Crippen LogP contribution in [0, 0.1) is 0 Å². The van der Waals surface area contributed by atoms with Gasteiger partial charge < -0.3 is 4.18 Å². The lowest BCUT2D eigenvalue weighted by molar-refractivity contribution is -0.0500. The molecule has 2 rings (SSSR count). The number of aromatic nitrogens is 2. The minimum atomic E-state index is -5.66. The van der Waals surface area contributed by atoms with Gasteiger partial charge in [-0.3, -0.25) is 0 Å². The van der Waals surface area contributed by atoms with Crippen molar-refractivity contribution in [3.8, 4) is 5.75 Å². The number of nitrogens with zero attached hydrogens (tertiary/aromatic N) is 2. The van der Waals surface area contributed by atoms with Gasteiger partial charge in [0.05, 0.1) is 12.4 Å². The first-order valence-electron chi connectivity index (χ1n) is 4.51.